The van der Waals surface area contributed by atoms with Crippen LogP contribution in [0.15, 0.2) is 23.1 Å². The molecule has 1 heterocycles. The van der Waals surface area contributed by atoms with Gasteiger partial charge in [-0.1, -0.05) is 6.07 Å². The minimum Gasteiger partial charge on any atom is -0.355 e. The predicted molar refractivity (Wildman–Crippen MR) is 94.8 cm³/mol. The van der Waals surface area contributed by atoms with Crippen molar-refractivity contribution in [1.82, 2.24) is 14.9 Å². The van der Waals surface area contributed by atoms with Crippen LogP contribution in [0.5, 0.6) is 0 Å². The third-order valence-corrected chi connectivity index (χ3v) is 6.14. The highest BCUT2D eigenvalue weighted by Gasteiger charge is 2.28. The quantitative estimate of drug-likeness (QED) is 0.785. The van der Waals surface area contributed by atoms with Crippen LogP contribution in [0.4, 0.5) is 0 Å². The lowest BCUT2D eigenvalue weighted by Crippen LogP contribution is -2.44. The molecule has 2 amide bonds. The van der Waals surface area contributed by atoms with Crippen LogP contribution >= 0.6 is 0 Å². The third kappa shape index (κ3) is 4.38. The summed E-state index contributed by atoms with van der Waals surface area (Å²) in [7, 11) is -3.59. The smallest absolute Gasteiger partial charge is 0.252 e. The van der Waals surface area contributed by atoms with Gasteiger partial charge >= 0.3 is 0 Å². The van der Waals surface area contributed by atoms with E-state index in [2.05, 4.69) is 10.6 Å². The molecule has 8 heteroatoms. The van der Waals surface area contributed by atoms with E-state index < -0.39 is 22.0 Å². The van der Waals surface area contributed by atoms with E-state index >= 15 is 0 Å². The first-order valence-electron chi connectivity index (χ1n) is 8.46. The molecule has 1 aliphatic heterocycles. The zero-order chi connectivity index (χ0) is 18.6. The van der Waals surface area contributed by atoms with Crippen LogP contribution in [-0.2, 0) is 14.8 Å². The van der Waals surface area contributed by atoms with Crippen LogP contribution in [0, 0.1) is 6.92 Å². The van der Waals surface area contributed by atoms with Crippen LogP contribution in [0.3, 0.4) is 0 Å². The minimum atomic E-state index is -3.59. The molecule has 0 aliphatic carbocycles. The molecule has 1 fully saturated rings. The van der Waals surface area contributed by atoms with E-state index in [-0.39, 0.29) is 16.4 Å². The number of hydrogen-bond acceptors (Lipinski definition) is 4. The van der Waals surface area contributed by atoms with E-state index in [4.69, 9.17) is 0 Å². The summed E-state index contributed by atoms with van der Waals surface area (Å²) in [6, 6.07) is 3.83. The second-order valence-corrected chi connectivity index (χ2v) is 8.12. The van der Waals surface area contributed by atoms with Crippen LogP contribution in [0.1, 0.15) is 42.6 Å². The molecule has 1 aromatic carbocycles. The summed E-state index contributed by atoms with van der Waals surface area (Å²) in [6.45, 7) is 6.60. The van der Waals surface area contributed by atoms with Crippen LogP contribution in [0.25, 0.3) is 0 Å². The fourth-order valence-corrected chi connectivity index (χ4v) is 4.29. The number of carbonyl (C=O) groups excluding carboxylic acids is 2. The van der Waals surface area contributed by atoms with Crippen LogP contribution in [-0.4, -0.2) is 50.2 Å². The molecule has 138 valence electrons. The monoisotopic (exact) mass is 367 g/mol. The number of nitrogens with zero attached hydrogens (tertiary/aromatic N) is 1. The van der Waals surface area contributed by atoms with Gasteiger partial charge in [0.15, 0.2) is 0 Å². The van der Waals surface area contributed by atoms with Gasteiger partial charge in [0.25, 0.3) is 5.91 Å². The lowest BCUT2D eigenvalue weighted by molar-refractivity contribution is -0.122. The second-order valence-electron chi connectivity index (χ2n) is 6.18. The zero-order valence-electron chi connectivity index (χ0n) is 14.8. The SMILES string of the molecule is CCNC(=O)C(C)NC(=O)c1cc(S(=O)(=O)N2CCCC2)ccc1C. The molecule has 1 unspecified atom stereocenters. The molecule has 0 aromatic heterocycles. The average molecular weight is 367 g/mol. The summed E-state index contributed by atoms with van der Waals surface area (Å²) in [5, 5.41) is 5.24. The molecule has 0 bridgehead atoms. The third-order valence-electron chi connectivity index (χ3n) is 4.25. The van der Waals surface area contributed by atoms with E-state index in [0.717, 1.165) is 12.8 Å². The van der Waals surface area contributed by atoms with E-state index in [1.165, 1.54) is 16.4 Å². The van der Waals surface area contributed by atoms with Gasteiger partial charge in [-0.15, -0.1) is 0 Å². The molecule has 1 saturated heterocycles. The first-order chi connectivity index (χ1) is 11.8. The molecule has 0 radical (unpaired) electrons. The van der Waals surface area contributed by atoms with Crippen molar-refractivity contribution in [2.45, 2.75) is 44.6 Å². The number of amides is 2. The highest BCUT2D eigenvalue weighted by molar-refractivity contribution is 7.89. The topological polar surface area (TPSA) is 95.6 Å². The Balaban J connectivity index is 2.24. The Morgan fingerprint density at radius 1 is 1.24 bits per heavy atom. The number of nitrogens with one attached hydrogen (secondary N) is 2. The van der Waals surface area contributed by atoms with Crippen molar-refractivity contribution in [1.29, 1.82) is 0 Å². The molecule has 25 heavy (non-hydrogen) atoms. The van der Waals surface area contributed by atoms with Gasteiger partial charge in [0, 0.05) is 25.2 Å². The fourth-order valence-electron chi connectivity index (χ4n) is 2.75. The highest BCUT2D eigenvalue weighted by Crippen LogP contribution is 2.23. The number of sulfonamides is 1. The molecular formula is C17H25N3O4S. The molecule has 2 rings (SSSR count). The lowest BCUT2D eigenvalue weighted by atomic mass is 10.1. The number of likely N-dealkylation sites (N-methyl/N-ethyl adjacent to an activating group) is 1. The van der Waals surface area contributed by atoms with E-state index in [0.29, 0.717) is 25.2 Å². The van der Waals surface area contributed by atoms with Gasteiger partial charge < -0.3 is 10.6 Å². The standard InChI is InChI=1S/C17H25N3O4S/c1-4-18-16(21)13(3)19-17(22)15-11-14(8-7-12(15)2)25(23,24)20-9-5-6-10-20/h7-8,11,13H,4-6,9-10H2,1-3H3,(H,18,21)(H,19,22). The first kappa shape index (κ1) is 19.4. The number of carbonyl (C=O) groups is 2. The van der Waals surface area contributed by atoms with Gasteiger partial charge in [0.05, 0.1) is 4.90 Å². The molecule has 2 N–H and O–H groups in total. The van der Waals surface area contributed by atoms with Gasteiger partial charge in [-0.25, -0.2) is 8.42 Å². The Morgan fingerprint density at radius 3 is 2.48 bits per heavy atom. The Hall–Kier alpha value is -1.93. The Kier molecular flexibility index (Phi) is 6.18. The summed E-state index contributed by atoms with van der Waals surface area (Å²) in [6.07, 6.45) is 1.70. The molecular weight excluding hydrogens is 342 g/mol. The molecule has 1 aliphatic rings. The van der Waals surface area contributed by atoms with Gasteiger partial charge in [0.2, 0.25) is 15.9 Å². The highest BCUT2D eigenvalue weighted by atomic mass is 32.2. The summed E-state index contributed by atoms with van der Waals surface area (Å²) >= 11 is 0. The Labute approximate surface area is 148 Å². The van der Waals surface area contributed by atoms with E-state index in [9.17, 15) is 18.0 Å². The van der Waals surface area contributed by atoms with Crippen molar-refractivity contribution in [2.24, 2.45) is 0 Å². The van der Waals surface area contributed by atoms with Crippen molar-refractivity contribution < 1.29 is 18.0 Å². The van der Waals surface area contributed by atoms with E-state index in [1.807, 2.05) is 0 Å². The predicted octanol–water partition coefficient (Wildman–Crippen LogP) is 1.03. The molecule has 0 saturated carbocycles. The Morgan fingerprint density at radius 2 is 1.88 bits per heavy atom. The van der Waals surface area contributed by atoms with Gasteiger partial charge in [0.1, 0.15) is 6.04 Å². The number of benzene rings is 1. The first-order valence-corrected chi connectivity index (χ1v) is 9.90. The van der Waals surface area contributed by atoms with Gasteiger partial charge in [-0.05, 0) is 51.3 Å². The number of rotatable bonds is 6. The summed E-state index contributed by atoms with van der Waals surface area (Å²) in [4.78, 5) is 24.4. The Bertz CT molecular complexity index is 755. The molecule has 0 spiro atoms. The van der Waals surface area contributed by atoms with Gasteiger partial charge in [-0.3, -0.25) is 9.59 Å². The average Bonchev–Trinajstić information content (AvgIpc) is 3.10. The summed E-state index contributed by atoms with van der Waals surface area (Å²) in [5.41, 5.74) is 0.914. The molecule has 7 nitrogen and oxygen atoms in total. The van der Waals surface area contributed by atoms with Gasteiger partial charge in [-0.2, -0.15) is 4.31 Å². The van der Waals surface area contributed by atoms with Crippen molar-refractivity contribution in [3.8, 4) is 0 Å². The maximum absolute atomic E-state index is 12.7. The van der Waals surface area contributed by atoms with Crippen LogP contribution in [0.2, 0.25) is 0 Å². The summed E-state index contributed by atoms with van der Waals surface area (Å²) in [5.74, 6) is -0.746. The van der Waals surface area contributed by atoms with Crippen molar-refractivity contribution in [2.75, 3.05) is 19.6 Å². The largest absolute Gasteiger partial charge is 0.355 e. The minimum absolute atomic E-state index is 0.107. The maximum atomic E-state index is 12.7. The van der Waals surface area contributed by atoms with E-state index in [1.54, 1.807) is 26.8 Å². The molecule has 1 atom stereocenters. The summed E-state index contributed by atoms with van der Waals surface area (Å²) < 4.78 is 26.8. The maximum Gasteiger partial charge on any atom is 0.252 e. The lowest BCUT2D eigenvalue weighted by Gasteiger charge is -2.18. The van der Waals surface area contributed by atoms with Crippen molar-refractivity contribution in [3.05, 3.63) is 29.3 Å². The number of aryl methyl sites for hydroxylation is 1. The fraction of sp³-hybridized carbons (Fsp3) is 0.529. The molecule has 1 aromatic rings. The normalized spacial score (nSPS) is 16.4. The van der Waals surface area contributed by atoms with Crippen molar-refractivity contribution >= 4 is 21.8 Å². The zero-order valence-corrected chi connectivity index (χ0v) is 15.6. The second kappa shape index (κ2) is 7.97. The number of hydrogen-bond donors (Lipinski definition) is 2. The van der Waals surface area contributed by atoms with Crippen LogP contribution < -0.4 is 10.6 Å². The van der Waals surface area contributed by atoms with Crippen molar-refractivity contribution in [3.63, 3.8) is 0 Å².